The van der Waals surface area contributed by atoms with E-state index in [1.54, 1.807) is 30.5 Å². The zero-order valence-corrected chi connectivity index (χ0v) is 10.4. The van der Waals surface area contributed by atoms with Crippen LogP contribution in [0.5, 0.6) is 11.5 Å². The summed E-state index contributed by atoms with van der Waals surface area (Å²) in [6, 6.07) is 12.6. The van der Waals surface area contributed by atoms with E-state index in [1.807, 2.05) is 0 Å². The average molecular weight is 270 g/mol. The molecule has 0 amide bonds. The first kappa shape index (κ1) is 12.2. The second-order valence-corrected chi connectivity index (χ2v) is 4.12. The number of benzene rings is 1. The van der Waals surface area contributed by atoms with Crippen LogP contribution in [-0.4, -0.2) is 4.98 Å². The highest BCUT2D eigenvalue weighted by Crippen LogP contribution is 2.32. The van der Waals surface area contributed by atoms with E-state index in [0.29, 0.717) is 28.8 Å². The summed E-state index contributed by atoms with van der Waals surface area (Å²) in [6.07, 6.45) is 1.54. The van der Waals surface area contributed by atoms with Crippen molar-refractivity contribution in [2.45, 2.75) is 0 Å². The molecule has 3 aromatic rings. The second kappa shape index (κ2) is 5.05. The third-order valence-electron chi connectivity index (χ3n) is 2.68. The Kier molecular flexibility index (Phi) is 3.09. The minimum Gasteiger partial charge on any atom is -0.463 e. The van der Waals surface area contributed by atoms with Crippen molar-refractivity contribution < 1.29 is 13.5 Å². The lowest BCUT2D eigenvalue weighted by Crippen LogP contribution is -1.95. The standard InChI is InChI=1S/C15H11FN2O2/c16-10-3-5-11(6-4-10)20-13-7-8-14(17)18-15(13)12-2-1-9-19-12/h1-9H,(H2,17,18). The molecule has 0 bridgehead atoms. The first-order chi connectivity index (χ1) is 9.72. The molecule has 0 atom stereocenters. The van der Waals surface area contributed by atoms with Crippen LogP contribution in [0.15, 0.2) is 59.2 Å². The highest BCUT2D eigenvalue weighted by atomic mass is 19.1. The van der Waals surface area contributed by atoms with E-state index in [4.69, 9.17) is 14.9 Å². The Morgan fingerprint density at radius 3 is 2.55 bits per heavy atom. The van der Waals surface area contributed by atoms with Gasteiger partial charge in [-0.25, -0.2) is 9.37 Å². The van der Waals surface area contributed by atoms with Gasteiger partial charge in [-0.05, 0) is 48.5 Å². The number of halogens is 1. The third kappa shape index (κ3) is 2.47. The van der Waals surface area contributed by atoms with Gasteiger partial charge in [0.25, 0.3) is 0 Å². The second-order valence-electron chi connectivity index (χ2n) is 4.12. The quantitative estimate of drug-likeness (QED) is 0.785. The predicted octanol–water partition coefficient (Wildman–Crippen LogP) is 3.86. The highest BCUT2D eigenvalue weighted by Gasteiger charge is 2.12. The Morgan fingerprint density at radius 2 is 1.85 bits per heavy atom. The van der Waals surface area contributed by atoms with Crippen LogP contribution >= 0.6 is 0 Å². The molecule has 0 saturated carbocycles. The first-order valence-electron chi connectivity index (χ1n) is 5.96. The summed E-state index contributed by atoms with van der Waals surface area (Å²) >= 11 is 0. The van der Waals surface area contributed by atoms with Gasteiger partial charge in [0.15, 0.2) is 17.2 Å². The lowest BCUT2D eigenvalue weighted by Gasteiger charge is -2.09. The molecule has 0 fully saturated rings. The fourth-order valence-corrected chi connectivity index (χ4v) is 1.76. The van der Waals surface area contributed by atoms with E-state index in [1.165, 1.54) is 24.3 Å². The number of rotatable bonds is 3. The normalized spacial score (nSPS) is 10.4. The highest BCUT2D eigenvalue weighted by molar-refractivity contribution is 5.63. The molecule has 3 rings (SSSR count). The molecule has 4 nitrogen and oxygen atoms in total. The van der Waals surface area contributed by atoms with Crippen molar-refractivity contribution in [3.05, 3.63) is 60.6 Å². The van der Waals surface area contributed by atoms with Crippen LogP contribution in [0.1, 0.15) is 0 Å². The number of nitrogen functional groups attached to an aromatic ring is 1. The number of hydrogen-bond acceptors (Lipinski definition) is 4. The molecule has 100 valence electrons. The van der Waals surface area contributed by atoms with Gasteiger partial charge in [-0.15, -0.1) is 0 Å². The Bertz CT molecular complexity index is 709. The zero-order chi connectivity index (χ0) is 13.9. The third-order valence-corrected chi connectivity index (χ3v) is 2.68. The van der Waals surface area contributed by atoms with Crippen molar-refractivity contribution in [3.8, 4) is 23.0 Å². The maximum Gasteiger partial charge on any atom is 0.157 e. The number of anilines is 1. The van der Waals surface area contributed by atoms with Crippen LogP contribution in [0.3, 0.4) is 0 Å². The van der Waals surface area contributed by atoms with E-state index >= 15 is 0 Å². The van der Waals surface area contributed by atoms with Gasteiger partial charge >= 0.3 is 0 Å². The molecule has 0 aliphatic heterocycles. The Morgan fingerprint density at radius 1 is 1.05 bits per heavy atom. The van der Waals surface area contributed by atoms with Crippen LogP contribution < -0.4 is 10.5 Å². The lowest BCUT2D eigenvalue weighted by atomic mass is 10.2. The molecule has 5 heteroatoms. The smallest absolute Gasteiger partial charge is 0.157 e. The average Bonchev–Trinajstić information content (AvgIpc) is 2.97. The molecule has 2 heterocycles. The van der Waals surface area contributed by atoms with Crippen molar-refractivity contribution in [3.63, 3.8) is 0 Å². The van der Waals surface area contributed by atoms with Gasteiger partial charge in [0.05, 0.1) is 6.26 Å². The molecule has 20 heavy (non-hydrogen) atoms. The largest absolute Gasteiger partial charge is 0.463 e. The Hall–Kier alpha value is -2.82. The summed E-state index contributed by atoms with van der Waals surface area (Å²) in [7, 11) is 0. The zero-order valence-electron chi connectivity index (χ0n) is 10.4. The molecule has 0 radical (unpaired) electrons. The van der Waals surface area contributed by atoms with Crippen molar-refractivity contribution >= 4 is 5.82 Å². The van der Waals surface area contributed by atoms with E-state index in [-0.39, 0.29) is 5.82 Å². The van der Waals surface area contributed by atoms with Gasteiger partial charge in [0, 0.05) is 0 Å². The summed E-state index contributed by atoms with van der Waals surface area (Å²) in [5.41, 5.74) is 6.19. The molecular formula is C15H11FN2O2. The number of furan rings is 1. The van der Waals surface area contributed by atoms with E-state index in [0.717, 1.165) is 0 Å². The number of pyridine rings is 1. The van der Waals surface area contributed by atoms with Crippen molar-refractivity contribution in [2.24, 2.45) is 0 Å². The number of ether oxygens (including phenoxy) is 1. The number of hydrogen-bond donors (Lipinski definition) is 1. The van der Waals surface area contributed by atoms with Gasteiger partial charge in [-0.3, -0.25) is 0 Å². The molecule has 0 spiro atoms. The number of nitrogens with zero attached hydrogens (tertiary/aromatic N) is 1. The molecule has 0 unspecified atom stereocenters. The van der Waals surface area contributed by atoms with Crippen LogP contribution in [-0.2, 0) is 0 Å². The Balaban J connectivity index is 1.99. The Labute approximate surface area is 114 Å². The molecule has 2 aromatic heterocycles. The summed E-state index contributed by atoms with van der Waals surface area (Å²) in [4.78, 5) is 4.21. The fourth-order valence-electron chi connectivity index (χ4n) is 1.76. The van der Waals surface area contributed by atoms with Crippen LogP contribution in [0, 0.1) is 5.82 Å². The molecule has 0 aliphatic rings. The summed E-state index contributed by atoms with van der Waals surface area (Å²) < 4.78 is 23.9. The predicted molar refractivity (Wildman–Crippen MR) is 72.8 cm³/mol. The monoisotopic (exact) mass is 270 g/mol. The van der Waals surface area contributed by atoms with Gasteiger partial charge < -0.3 is 14.9 Å². The maximum absolute atomic E-state index is 12.9. The molecule has 0 aliphatic carbocycles. The fraction of sp³-hybridized carbons (Fsp3) is 0. The minimum atomic E-state index is -0.320. The van der Waals surface area contributed by atoms with Gasteiger partial charge in [-0.1, -0.05) is 0 Å². The molecule has 1 aromatic carbocycles. The topological polar surface area (TPSA) is 61.3 Å². The van der Waals surface area contributed by atoms with Crippen molar-refractivity contribution in [1.82, 2.24) is 4.98 Å². The minimum absolute atomic E-state index is 0.320. The molecular weight excluding hydrogens is 259 g/mol. The molecule has 0 saturated heterocycles. The van der Waals surface area contributed by atoms with E-state index in [9.17, 15) is 4.39 Å². The first-order valence-corrected chi connectivity index (χ1v) is 5.96. The van der Waals surface area contributed by atoms with E-state index < -0.39 is 0 Å². The SMILES string of the molecule is Nc1ccc(Oc2ccc(F)cc2)c(-c2ccco2)n1. The molecule has 2 N–H and O–H groups in total. The van der Waals surface area contributed by atoms with Crippen LogP contribution in [0.25, 0.3) is 11.5 Å². The lowest BCUT2D eigenvalue weighted by molar-refractivity contribution is 0.476. The van der Waals surface area contributed by atoms with Crippen LogP contribution in [0.2, 0.25) is 0 Å². The summed E-state index contributed by atoms with van der Waals surface area (Å²) in [5, 5.41) is 0. The van der Waals surface area contributed by atoms with Crippen molar-refractivity contribution in [1.29, 1.82) is 0 Å². The summed E-state index contributed by atoms with van der Waals surface area (Å²) in [6.45, 7) is 0. The summed E-state index contributed by atoms with van der Waals surface area (Å²) in [5.74, 6) is 1.59. The number of aromatic nitrogens is 1. The van der Waals surface area contributed by atoms with Gasteiger partial charge in [0.1, 0.15) is 17.4 Å². The van der Waals surface area contributed by atoms with Gasteiger partial charge in [-0.2, -0.15) is 0 Å². The number of nitrogens with two attached hydrogens (primary N) is 1. The van der Waals surface area contributed by atoms with Crippen molar-refractivity contribution in [2.75, 3.05) is 5.73 Å². The maximum atomic E-state index is 12.9. The van der Waals surface area contributed by atoms with Gasteiger partial charge in [0.2, 0.25) is 0 Å². The van der Waals surface area contributed by atoms with Crippen LogP contribution in [0.4, 0.5) is 10.2 Å². The van der Waals surface area contributed by atoms with E-state index in [2.05, 4.69) is 4.98 Å².